The van der Waals surface area contributed by atoms with Crippen molar-refractivity contribution in [2.45, 2.75) is 32.2 Å². The van der Waals surface area contributed by atoms with Gasteiger partial charge in [-0.2, -0.15) is 0 Å². The van der Waals surface area contributed by atoms with Crippen LogP contribution in [0.25, 0.3) is 0 Å². The fourth-order valence-corrected chi connectivity index (χ4v) is 5.38. The lowest BCUT2D eigenvalue weighted by Crippen LogP contribution is -2.28. The Morgan fingerprint density at radius 2 is 1.83 bits per heavy atom. The summed E-state index contributed by atoms with van der Waals surface area (Å²) in [6.07, 6.45) is 2.90. The number of nitrogens with one attached hydrogen (secondary N) is 1. The minimum absolute atomic E-state index is 0.0339. The molecule has 2 aliphatic rings. The highest BCUT2D eigenvalue weighted by Crippen LogP contribution is 2.27. The zero-order chi connectivity index (χ0) is 24.7. The standard InChI is InChI=1S/C27H31N5O3S/c33-25-17-22(26(34)28-27-30-29-24(36-27)12-9-20-5-2-1-3-6-20)19-32(25)23-10-7-21(8-11-23)18-31-13-4-15-35-16-14-31/h1-3,5-8,10-11,22H,4,9,12-19H2,(H,28,30,34). The zero-order valence-electron chi connectivity index (χ0n) is 20.3. The molecule has 2 saturated heterocycles. The van der Waals surface area contributed by atoms with E-state index in [2.05, 4.69) is 44.7 Å². The number of aryl methyl sites for hydroxylation is 2. The van der Waals surface area contributed by atoms with Gasteiger partial charge in [-0.15, -0.1) is 10.2 Å². The number of nitrogens with zero attached hydrogens (tertiary/aromatic N) is 4. The number of benzene rings is 2. The number of aromatic nitrogens is 2. The first kappa shape index (κ1) is 24.5. The van der Waals surface area contributed by atoms with Gasteiger partial charge in [-0.3, -0.25) is 14.5 Å². The highest BCUT2D eigenvalue weighted by atomic mass is 32.1. The SMILES string of the molecule is O=C(Nc1nnc(CCc2ccccc2)s1)C1CC(=O)N(c2ccc(CN3CCCOCC3)cc2)C1. The van der Waals surface area contributed by atoms with E-state index in [1.54, 1.807) is 4.90 Å². The van der Waals surface area contributed by atoms with Crippen molar-refractivity contribution in [3.8, 4) is 0 Å². The van der Waals surface area contributed by atoms with Crippen molar-refractivity contribution in [3.05, 3.63) is 70.7 Å². The van der Waals surface area contributed by atoms with E-state index in [-0.39, 0.29) is 18.2 Å². The molecule has 1 aromatic heterocycles. The van der Waals surface area contributed by atoms with Gasteiger partial charge >= 0.3 is 0 Å². The van der Waals surface area contributed by atoms with Crippen LogP contribution in [-0.4, -0.2) is 59.8 Å². The van der Waals surface area contributed by atoms with Gasteiger partial charge < -0.3 is 15.0 Å². The van der Waals surface area contributed by atoms with Crippen molar-refractivity contribution < 1.29 is 14.3 Å². The summed E-state index contributed by atoms with van der Waals surface area (Å²) in [5.41, 5.74) is 3.28. The van der Waals surface area contributed by atoms with Crippen LogP contribution in [0.15, 0.2) is 54.6 Å². The lowest BCUT2D eigenvalue weighted by molar-refractivity contribution is -0.122. The molecule has 188 valence electrons. The normalized spacial score (nSPS) is 18.8. The van der Waals surface area contributed by atoms with Gasteiger partial charge in [0.2, 0.25) is 16.9 Å². The van der Waals surface area contributed by atoms with Crippen LogP contribution in [0.5, 0.6) is 0 Å². The maximum absolute atomic E-state index is 12.9. The minimum atomic E-state index is -0.411. The Bertz CT molecular complexity index is 1160. The molecule has 0 bridgehead atoms. The Hall–Kier alpha value is -3.14. The van der Waals surface area contributed by atoms with E-state index >= 15 is 0 Å². The van der Waals surface area contributed by atoms with Crippen molar-refractivity contribution in [3.63, 3.8) is 0 Å². The Morgan fingerprint density at radius 1 is 1.00 bits per heavy atom. The maximum atomic E-state index is 12.9. The summed E-state index contributed by atoms with van der Waals surface area (Å²) in [6, 6.07) is 18.3. The molecule has 2 fully saturated rings. The fourth-order valence-electron chi connectivity index (χ4n) is 4.64. The molecule has 0 aliphatic carbocycles. The van der Waals surface area contributed by atoms with Gasteiger partial charge in [-0.05, 0) is 36.1 Å². The molecular formula is C27H31N5O3S. The number of anilines is 2. The summed E-state index contributed by atoms with van der Waals surface area (Å²) in [5, 5.41) is 12.6. The molecule has 36 heavy (non-hydrogen) atoms. The van der Waals surface area contributed by atoms with Crippen LogP contribution in [0.3, 0.4) is 0 Å². The second-order valence-electron chi connectivity index (χ2n) is 9.29. The van der Waals surface area contributed by atoms with Crippen LogP contribution < -0.4 is 10.2 Å². The average molecular weight is 506 g/mol. The molecule has 8 nitrogen and oxygen atoms in total. The summed E-state index contributed by atoms with van der Waals surface area (Å²) in [7, 11) is 0. The summed E-state index contributed by atoms with van der Waals surface area (Å²) >= 11 is 1.39. The largest absolute Gasteiger partial charge is 0.380 e. The van der Waals surface area contributed by atoms with Crippen molar-refractivity contribution in [1.82, 2.24) is 15.1 Å². The van der Waals surface area contributed by atoms with Crippen LogP contribution in [0.1, 0.15) is 29.0 Å². The predicted octanol–water partition coefficient (Wildman–Crippen LogP) is 3.54. The first-order valence-electron chi connectivity index (χ1n) is 12.5. The summed E-state index contributed by atoms with van der Waals surface area (Å²) < 4.78 is 5.53. The van der Waals surface area contributed by atoms with Gasteiger partial charge in [0, 0.05) is 51.3 Å². The lowest BCUT2D eigenvalue weighted by Gasteiger charge is -2.20. The molecule has 2 aliphatic heterocycles. The number of carbonyl (C=O) groups excluding carboxylic acids is 2. The number of amides is 2. The van der Waals surface area contributed by atoms with E-state index in [0.717, 1.165) is 62.8 Å². The Balaban J connectivity index is 1.13. The molecule has 0 spiro atoms. The third-order valence-electron chi connectivity index (χ3n) is 6.63. The van der Waals surface area contributed by atoms with E-state index in [1.165, 1.54) is 22.5 Å². The Labute approximate surface area is 215 Å². The molecule has 2 amide bonds. The number of hydrogen-bond acceptors (Lipinski definition) is 7. The van der Waals surface area contributed by atoms with Crippen molar-refractivity contribution >= 4 is 34.0 Å². The zero-order valence-corrected chi connectivity index (χ0v) is 21.1. The van der Waals surface area contributed by atoms with Crippen molar-refractivity contribution in [1.29, 1.82) is 0 Å². The van der Waals surface area contributed by atoms with E-state index in [1.807, 2.05) is 30.3 Å². The Kier molecular flexibility index (Phi) is 8.00. The van der Waals surface area contributed by atoms with Gasteiger partial charge in [0.1, 0.15) is 5.01 Å². The highest BCUT2D eigenvalue weighted by Gasteiger charge is 2.35. The average Bonchev–Trinajstić information content (AvgIpc) is 3.42. The molecule has 9 heteroatoms. The number of hydrogen-bond donors (Lipinski definition) is 1. The quantitative estimate of drug-likeness (QED) is 0.504. The third-order valence-corrected chi connectivity index (χ3v) is 7.53. The molecule has 1 unspecified atom stereocenters. The molecular weight excluding hydrogens is 474 g/mol. The Morgan fingerprint density at radius 3 is 2.67 bits per heavy atom. The molecule has 3 heterocycles. The number of rotatable bonds is 8. The van der Waals surface area contributed by atoms with Crippen molar-refractivity contribution in [2.24, 2.45) is 5.92 Å². The maximum Gasteiger partial charge on any atom is 0.231 e. The topological polar surface area (TPSA) is 87.7 Å². The predicted molar refractivity (Wildman–Crippen MR) is 140 cm³/mol. The molecule has 1 atom stereocenters. The third kappa shape index (κ3) is 6.34. The van der Waals surface area contributed by atoms with Crippen LogP contribution in [0.4, 0.5) is 10.8 Å². The van der Waals surface area contributed by atoms with Gasteiger partial charge in [0.05, 0.1) is 12.5 Å². The minimum Gasteiger partial charge on any atom is -0.380 e. The number of ether oxygens (including phenoxy) is 1. The van der Waals surface area contributed by atoms with Crippen LogP contribution >= 0.6 is 11.3 Å². The van der Waals surface area contributed by atoms with E-state index in [9.17, 15) is 9.59 Å². The second-order valence-corrected chi connectivity index (χ2v) is 10.4. The first-order valence-corrected chi connectivity index (χ1v) is 13.3. The van der Waals surface area contributed by atoms with Crippen LogP contribution in [0, 0.1) is 5.92 Å². The molecule has 3 aromatic rings. The molecule has 0 radical (unpaired) electrons. The van der Waals surface area contributed by atoms with Crippen molar-refractivity contribution in [2.75, 3.05) is 43.1 Å². The van der Waals surface area contributed by atoms with E-state index in [0.29, 0.717) is 11.7 Å². The molecule has 5 rings (SSSR count). The lowest BCUT2D eigenvalue weighted by atomic mass is 10.1. The van der Waals surface area contributed by atoms with Gasteiger partial charge in [0.15, 0.2) is 0 Å². The highest BCUT2D eigenvalue weighted by molar-refractivity contribution is 7.15. The second kappa shape index (κ2) is 11.7. The molecule has 2 aromatic carbocycles. The van der Waals surface area contributed by atoms with Gasteiger partial charge in [0.25, 0.3) is 0 Å². The fraction of sp³-hybridized carbons (Fsp3) is 0.407. The smallest absolute Gasteiger partial charge is 0.231 e. The molecule has 1 N–H and O–H groups in total. The summed E-state index contributed by atoms with van der Waals surface area (Å²) in [6.45, 7) is 4.81. The van der Waals surface area contributed by atoms with Crippen LogP contribution in [-0.2, 0) is 33.7 Å². The molecule has 0 saturated carbocycles. The van der Waals surface area contributed by atoms with Gasteiger partial charge in [-0.1, -0.05) is 53.8 Å². The monoisotopic (exact) mass is 505 g/mol. The van der Waals surface area contributed by atoms with Crippen LogP contribution in [0.2, 0.25) is 0 Å². The van der Waals surface area contributed by atoms with E-state index < -0.39 is 5.92 Å². The summed E-state index contributed by atoms with van der Waals surface area (Å²) in [5.74, 6) is -0.629. The summed E-state index contributed by atoms with van der Waals surface area (Å²) in [4.78, 5) is 29.7. The number of carbonyl (C=O) groups is 2. The first-order chi connectivity index (χ1) is 17.6. The van der Waals surface area contributed by atoms with Gasteiger partial charge in [-0.25, -0.2) is 0 Å². The van der Waals surface area contributed by atoms with E-state index in [4.69, 9.17) is 4.74 Å².